The topological polar surface area (TPSA) is 35.0 Å². The largest absolute Gasteiger partial charge is 0.497 e. The van der Waals surface area contributed by atoms with E-state index in [1.54, 1.807) is 18.4 Å². The molecular formula is C15H11BrN2OS. The van der Waals surface area contributed by atoms with E-state index < -0.39 is 0 Å². The van der Waals surface area contributed by atoms with Gasteiger partial charge in [-0.05, 0) is 52.3 Å². The molecule has 0 aliphatic carbocycles. The van der Waals surface area contributed by atoms with Crippen molar-refractivity contribution in [3.63, 3.8) is 0 Å². The molecule has 2 heterocycles. The van der Waals surface area contributed by atoms with Crippen molar-refractivity contribution in [2.45, 2.75) is 0 Å². The summed E-state index contributed by atoms with van der Waals surface area (Å²) in [7, 11) is 1.66. The summed E-state index contributed by atoms with van der Waals surface area (Å²) in [4.78, 5) is 9.97. The molecular weight excluding hydrogens is 336 g/mol. The first-order chi connectivity index (χ1) is 9.76. The molecule has 0 unspecified atom stereocenters. The fourth-order valence-electron chi connectivity index (χ4n) is 1.81. The lowest BCUT2D eigenvalue weighted by molar-refractivity contribution is 0.415. The Bertz CT molecular complexity index is 725. The molecule has 3 nitrogen and oxygen atoms in total. The standard InChI is InChI=1S/C15H11BrN2OS/c1-19-11-7-5-10(6-8-11)15-17-9-13(20-15)12-3-2-4-14(16)18-12/h2-9H,1H3. The molecule has 0 bridgehead atoms. The van der Waals surface area contributed by atoms with Gasteiger partial charge < -0.3 is 4.74 Å². The van der Waals surface area contributed by atoms with E-state index in [4.69, 9.17) is 4.74 Å². The van der Waals surface area contributed by atoms with Crippen molar-refractivity contribution in [3.05, 3.63) is 53.3 Å². The number of nitrogens with zero attached hydrogens (tertiary/aromatic N) is 2. The lowest BCUT2D eigenvalue weighted by atomic mass is 10.2. The van der Waals surface area contributed by atoms with E-state index in [1.165, 1.54) is 0 Å². The van der Waals surface area contributed by atoms with Gasteiger partial charge in [0.15, 0.2) is 0 Å². The van der Waals surface area contributed by atoms with E-state index in [1.807, 2.05) is 48.7 Å². The predicted molar refractivity (Wildman–Crippen MR) is 85.0 cm³/mol. The maximum Gasteiger partial charge on any atom is 0.123 e. The van der Waals surface area contributed by atoms with Crippen molar-refractivity contribution in [1.82, 2.24) is 9.97 Å². The van der Waals surface area contributed by atoms with Gasteiger partial charge in [-0.25, -0.2) is 9.97 Å². The third-order valence-electron chi connectivity index (χ3n) is 2.81. The van der Waals surface area contributed by atoms with E-state index >= 15 is 0 Å². The van der Waals surface area contributed by atoms with Crippen molar-refractivity contribution in [1.29, 1.82) is 0 Å². The number of hydrogen-bond donors (Lipinski definition) is 0. The van der Waals surface area contributed by atoms with Gasteiger partial charge in [-0.15, -0.1) is 11.3 Å². The third-order valence-corrected chi connectivity index (χ3v) is 4.32. The smallest absolute Gasteiger partial charge is 0.123 e. The molecule has 0 saturated carbocycles. The Morgan fingerprint density at radius 2 is 1.90 bits per heavy atom. The van der Waals surface area contributed by atoms with Crippen molar-refractivity contribution < 1.29 is 4.74 Å². The molecule has 3 rings (SSSR count). The van der Waals surface area contributed by atoms with Gasteiger partial charge in [-0.3, -0.25) is 0 Å². The normalized spacial score (nSPS) is 10.5. The van der Waals surface area contributed by atoms with Crippen molar-refractivity contribution in [3.8, 4) is 26.9 Å². The van der Waals surface area contributed by atoms with Crippen LogP contribution in [-0.2, 0) is 0 Å². The highest BCUT2D eigenvalue weighted by molar-refractivity contribution is 9.10. The molecule has 0 aliphatic rings. The number of hydrogen-bond acceptors (Lipinski definition) is 4. The van der Waals surface area contributed by atoms with Crippen molar-refractivity contribution in [2.75, 3.05) is 7.11 Å². The summed E-state index contributed by atoms with van der Waals surface area (Å²) in [5.41, 5.74) is 2.01. The number of benzene rings is 1. The van der Waals surface area contributed by atoms with Gasteiger partial charge in [0.2, 0.25) is 0 Å². The third kappa shape index (κ3) is 2.73. The van der Waals surface area contributed by atoms with Gasteiger partial charge >= 0.3 is 0 Å². The molecule has 0 saturated heterocycles. The molecule has 0 aliphatic heterocycles. The van der Waals surface area contributed by atoms with Crippen LogP contribution in [0.4, 0.5) is 0 Å². The summed E-state index contributed by atoms with van der Waals surface area (Å²) in [6.45, 7) is 0. The van der Waals surface area contributed by atoms with E-state index in [-0.39, 0.29) is 0 Å². The lowest BCUT2D eigenvalue weighted by Crippen LogP contribution is -1.81. The Morgan fingerprint density at radius 3 is 2.60 bits per heavy atom. The Hall–Kier alpha value is -1.72. The number of pyridine rings is 1. The van der Waals surface area contributed by atoms with Crippen LogP contribution in [0.3, 0.4) is 0 Å². The van der Waals surface area contributed by atoms with Gasteiger partial charge in [-0.1, -0.05) is 6.07 Å². The Kier molecular flexibility index (Phi) is 3.80. The fourth-order valence-corrected chi connectivity index (χ4v) is 3.04. The summed E-state index contributed by atoms with van der Waals surface area (Å²) >= 11 is 5.01. The number of thiazole rings is 1. The fraction of sp³-hybridized carbons (Fsp3) is 0.0667. The van der Waals surface area contributed by atoms with Crippen LogP contribution in [0.15, 0.2) is 53.3 Å². The quantitative estimate of drug-likeness (QED) is 0.647. The van der Waals surface area contributed by atoms with Crippen LogP contribution in [0.1, 0.15) is 0 Å². The number of ether oxygens (including phenoxy) is 1. The minimum atomic E-state index is 0.828. The Balaban J connectivity index is 1.93. The summed E-state index contributed by atoms with van der Waals surface area (Å²) in [6.07, 6.45) is 1.86. The van der Waals surface area contributed by atoms with E-state index in [0.717, 1.165) is 31.5 Å². The molecule has 1 aromatic carbocycles. The minimum Gasteiger partial charge on any atom is -0.497 e. The van der Waals surface area contributed by atoms with Crippen LogP contribution < -0.4 is 4.74 Å². The first kappa shape index (κ1) is 13.3. The first-order valence-corrected chi connectivity index (χ1v) is 7.60. The Morgan fingerprint density at radius 1 is 1.10 bits per heavy atom. The highest BCUT2D eigenvalue weighted by Gasteiger charge is 2.08. The second kappa shape index (κ2) is 5.73. The first-order valence-electron chi connectivity index (χ1n) is 5.99. The summed E-state index contributed by atoms with van der Waals surface area (Å²) < 4.78 is 5.99. The van der Waals surface area contributed by atoms with Gasteiger partial charge in [0.1, 0.15) is 15.4 Å². The second-order valence-corrected chi connectivity index (χ2v) is 5.95. The molecule has 0 amide bonds. The molecule has 100 valence electrons. The van der Waals surface area contributed by atoms with Gasteiger partial charge in [0, 0.05) is 11.8 Å². The van der Waals surface area contributed by atoms with Crippen LogP contribution in [-0.4, -0.2) is 17.1 Å². The second-order valence-electron chi connectivity index (χ2n) is 4.10. The molecule has 3 aromatic rings. The SMILES string of the molecule is COc1ccc(-c2ncc(-c3cccc(Br)n3)s2)cc1. The molecule has 0 radical (unpaired) electrons. The lowest BCUT2D eigenvalue weighted by Gasteiger charge is -2.00. The van der Waals surface area contributed by atoms with E-state index in [0.29, 0.717) is 0 Å². The molecule has 0 N–H and O–H groups in total. The van der Waals surface area contributed by atoms with Crippen molar-refractivity contribution in [2.24, 2.45) is 0 Å². The molecule has 2 aromatic heterocycles. The Labute approximate surface area is 129 Å². The zero-order chi connectivity index (χ0) is 13.9. The number of aromatic nitrogens is 2. The molecule has 0 fully saturated rings. The summed E-state index contributed by atoms with van der Waals surface area (Å²) in [6, 6.07) is 13.8. The number of methoxy groups -OCH3 is 1. The zero-order valence-corrected chi connectivity index (χ0v) is 13.1. The van der Waals surface area contributed by atoms with Crippen LogP contribution in [0.2, 0.25) is 0 Å². The monoisotopic (exact) mass is 346 g/mol. The van der Waals surface area contributed by atoms with Crippen LogP contribution in [0, 0.1) is 0 Å². The molecule has 0 spiro atoms. The number of rotatable bonds is 3. The molecule has 0 atom stereocenters. The zero-order valence-electron chi connectivity index (χ0n) is 10.7. The van der Waals surface area contributed by atoms with Crippen LogP contribution >= 0.6 is 27.3 Å². The van der Waals surface area contributed by atoms with Crippen LogP contribution in [0.25, 0.3) is 21.1 Å². The van der Waals surface area contributed by atoms with Gasteiger partial charge in [0.05, 0.1) is 17.7 Å². The molecule has 20 heavy (non-hydrogen) atoms. The highest BCUT2D eigenvalue weighted by Crippen LogP contribution is 2.32. The van der Waals surface area contributed by atoms with Gasteiger partial charge in [0.25, 0.3) is 0 Å². The van der Waals surface area contributed by atoms with E-state index in [2.05, 4.69) is 25.9 Å². The van der Waals surface area contributed by atoms with Gasteiger partial charge in [-0.2, -0.15) is 0 Å². The van der Waals surface area contributed by atoms with E-state index in [9.17, 15) is 0 Å². The maximum atomic E-state index is 5.16. The van der Waals surface area contributed by atoms with Crippen LogP contribution in [0.5, 0.6) is 5.75 Å². The molecule has 5 heteroatoms. The summed E-state index contributed by atoms with van der Waals surface area (Å²) in [5, 5.41) is 0.976. The average Bonchev–Trinajstić information content (AvgIpc) is 2.97. The van der Waals surface area contributed by atoms with Crippen molar-refractivity contribution >= 4 is 27.3 Å². The number of halogens is 1. The highest BCUT2D eigenvalue weighted by atomic mass is 79.9. The average molecular weight is 347 g/mol. The minimum absolute atomic E-state index is 0.828. The predicted octanol–water partition coefficient (Wildman–Crippen LogP) is 4.64. The maximum absolute atomic E-state index is 5.16. The summed E-state index contributed by atoms with van der Waals surface area (Å²) in [5.74, 6) is 0.846.